The summed E-state index contributed by atoms with van der Waals surface area (Å²) >= 11 is 0. The number of unbranched alkanes of at least 4 members (excludes halogenated alkanes) is 2. The lowest BCUT2D eigenvalue weighted by Gasteiger charge is -2.20. The third kappa shape index (κ3) is 8.48. The number of carbonyl (C=O) groups excluding carboxylic acids is 2. The maximum atomic E-state index is 11.6. The van der Waals surface area contributed by atoms with E-state index in [1.807, 2.05) is 0 Å². The summed E-state index contributed by atoms with van der Waals surface area (Å²) in [5.74, 6) is -0.855. The number of carboxylic acid groups (broad SMARTS) is 1. The van der Waals surface area contributed by atoms with Crippen molar-refractivity contribution in [2.75, 3.05) is 0 Å². The molecule has 2 aliphatic carbocycles. The maximum Gasteiger partial charge on any atom is 0.375 e. The molecule has 0 spiro atoms. The van der Waals surface area contributed by atoms with Crippen molar-refractivity contribution >= 4 is 17.9 Å². The fourth-order valence-corrected chi connectivity index (χ4v) is 6.12. The lowest BCUT2D eigenvalue weighted by molar-refractivity contribution is -0.148. The predicted octanol–water partition coefficient (Wildman–Crippen LogP) is 5.93. The van der Waals surface area contributed by atoms with Crippen LogP contribution in [0.4, 0.5) is 0 Å². The number of epoxide rings is 1. The Hall–Kier alpha value is -2.15. The van der Waals surface area contributed by atoms with Crippen LogP contribution in [0, 0.1) is 23.7 Å². The second kappa shape index (κ2) is 12.7. The summed E-state index contributed by atoms with van der Waals surface area (Å²) in [6.45, 7) is 8.97. The molecule has 196 valence electrons. The van der Waals surface area contributed by atoms with Gasteiger partial charge in [0.1, 0.15) is 0 Å². The molecule has 2 saturated carbocycles. The first kappa shape index (κ1) is 27.4. The number of hydrogen-bond acceptors (Lipinski definition) is 6. The minimum Gasteiger partial charge on any atom is -0.475 e. The average molecular weight is 491 g/mol. The fourth-order valence-electron chi connectivity index (χ4n) is 6.12. The summed E-state index contributed by atoms with van der Waals surface area (Å²) in [7, 11) is 0. The van der Waals surface area contributed by atoms with Crippen LogP contribution < -0.4 is 0 Å². The highest BCUT2D eigenvalue weighted by molar-refractivity contribution is 5.88. The number of rotatable bonds is 13. The topological polar surface area (TPSA) is 102 Å². The molecule has 3 aliphatic rings. The van der Waals surface area contributed by atoms with Gasteiger partial charge in [-0.1, -0.05) is 57.6 Å². The van der Waals surface area contributed by atoms with E-state index in [0.29, 0.717) is 11.8 Å². The third-order valence-corrected chi connectivity index (χ3v) is 7.94. The molecule has 0 radical (unpaired) electrons. The van der Waals surface area contributed by atoms with Gasteiger partial charge >= 0.3 is 17.9 Å². The number of hydrogen-bond donors (Lipinski definition) is 1. The zero-order valence-electron chi connectivity index (χ0n) is 21.6. The van der Waals surface area contributed by atoms with Gasteiger partial charge in [-0.2, -0.15) is 0 Å². The molecule has 3 fully saturated rings. The van der Waals surface area contributed by atoms with E-state index >= 15 is 0 Å². The number of carboxylic acids is 1. The molecule has 1 N–H and O–H groups in total. The molecule has 1 heterocycles. The summed E-state index contributed by atoms with van der Waals surface area (Å²) < 4.78 is 15.7. The maximum absolute atomic E-state index is 11.6. The van der Waals surface area contributed by atoms with Crippen LogP contribution in [0.15, 0.2) is 23.7 Å². The van der Waals surface area contributed by atoms with E-state index in [0.717, 1.165) is 31.6 Å². The molecule has 3 rings (SSSR count). The molecule has 0 aromatic rings. The Morgan fingerprint density at radius 2 is 1.71 bits per heavy atom. The Morgan fingerprint density at radius 3 is 2.34 bits per heavy atom. The second-order valence-corrected chi connectivity index (χ2v) is 10.9. The predicted molar refractivity (Wildman–Crippen MR) is 131 cm³/mol. The van der Waals surface area contributed by atoms with Gasteiger partial charge in [-0.3, -0.25) is 9.59 Å². The molecule has 1 aliphatic heterocycles. The molecule has 7 heteroatoms. The molecule has 6 atom stereocenters. The summed E-state index contributed by atoms with van der Waals surface area (Å²) in [6.07, 6.45) is 13.6. The minimum absolute atomic E-state index is 0.0420. The van der Waals surface area contributed by atoms with Gasteiger partial charge in [0.2, 0.25) is 0 Å². The van der Waals surface area contributed by atoms with Crippen molar-refractivity contribution in [2.24, 2.45) is 23.7 Å². The zero-order chi connectivity index (χ0) is 25.5. The van der Waals surface area contributed by atoms with E-state index in [1.165, 1.54) is 70.3 Å². The number of allylic oxidation sites excluding steroid dienone is 1. The lowest BCUT2D eigenvalue weighted by Crippen LogP contribution is -2.17. The van der Waals surface area contributed by atoms with Gasteiger partial charge in [0, 0.05) is 20.3 Å². The van der Waals surface area contributed by atoms with Gasteiger partial charge in [0.05, 0.1) is 12.2 Å². The van der Waals surface area contributed by atoms with Crippen LogP contribution in [-0.4, -0.2) is 35.2 Å². The average Bonchev–Trinajstić information content (AvgIpc) is 3.21. The molecular weight excluding hydrogens is 448 g/mol. The number of aliphatic carboxylic acids is 1. The van der Waals surface area contributed by atoms with E-state index in [1.54, 1.807) is 0 Å². The Labute approximate surface area is 209 Å². The van der Waals surface area contributed by atoms with Crippen molar-refractivity contribution in [1.82, 2.24) is 0 Å². The fraction of sp³-hybridized carbons (Fsp3) is 0.750. The first-order valence-corrected chi connectivity index (χ1v) is 13.3. The molecule has 3 unspecified atom stereocenters. The van der Waals surface area contributed by atoms with Gasteiger partial charge in [0.25, 0.3) is 5.76 Å². The van der Waals surface area contributed by atoms with Gasteiger partial charge in [0.15, 0.2) is 5.76 Å². The van der Waals surface area contributed by atoms with Crippen LogP contribution in [0.1, 0.15) is 97.8 Å². The summed E-state index contributed by atoms with van der Waals surface area (Å²) in [5, 5.41) is 9.42. The summed E-state index contributed by atoms with van der Waals surface area (Å²) in [5.41, 5.74) is 1.28. The van der Waals surface area contributed by atoms with E-state index in [4.69, 9.17) is 14.2 Å². The molecular formula is C28H42O7. The van der Waals surface area contributed by atoms with Crippen LogP contribution in [0.3, 0.4) is 0 Å². The van der Waals surface area contributed by atoms with Gasteiger partial charge in [-0.15, -0.1) is 0 Å². The van der Waals surface area contributed by atoms with Crippen LogP contribution in [-0.2, 0) is 28.6 Å². The minimum atomic E-state index is -1.46. The zero-order valence-corrected chi connectivity index (χ0v) is 21.6. The second-order valence-electron chi connectivity index (χ2n) is 10.9. The Balaban J connectivity index is 1.47. The number of carbonyl (C=O) groups is 3. The molecule has 7 nitrogen and oxygen atoms in total. The van der Waals surface area contributed by atoms with Crippen molar-refractivity contribution < 1.29 is 33.7 Å². The first-order valence-electron chi connectivity index (χ1n) is 13.3. The van der Waals surface area contributed by atoms with Crippen molar-refractivity contribution in [2.45, 2.75) is 110 Å². The van der Waals surface area contributed by atoms with Gasteiger partial charge in [-0.05, 0) is 55.8 Å². The van der Waals surface area contributed by atoms with Crippen LogP contribution >= 0.6 is 0 Å². The van der Waals surface area contributed by atoms with Crippen molar-refractivity contribution in [3.8, 4) is 0 Å². The normalized spacial score (nSPS) is 30.7. The van der Waals surface area contributed by atoms with Crippen molar-refractivity contribution in [3.05, 3.63) is 23.7 Å². The monoisotopic (exact) mass is 490 g/mol. The van der Waals surface area contributed by atoms with E-state index < -0.39 is 23.7 Å². The molecule has 35 heavy (non-hydrogen) atoms. The largest absolute Gasteiger partial charge is 0.475 e. The van der Waals surface area contributed by atoms with E-state index in [2.05, 4.69) is 13.5 Å². The Kier molecular flexibility index (Phi) is 9.96. The van der Waals surface area contributed by atoms with Crippen molar-refractivity contribution in [3.63, 3.8) is 0 Å². The van der Waals surface area contributed by atoms with Gasteiger partial charge < -0.3 is 19.3 Å². The smallest absolute Gasteiger partial charge is 0.375 e. The molecule has 0 aromatic heterocycles. The summed E-state index contributed by atoms with van der Waals surface area (Å²) in [4.78, 5) is 34.4. The highest BCUT2D eigenvalue weighted by Crippen LogP contribution is 2.45. The quantitative estimate of drug-likeness (QED) is 0.0853. The molecule has 0 aromatic carbocycles. The molecule has 0 amide bonds. The van der Waals surface area contributed by atoms with Crippen LogP contribution in [0.25, 0.3) is 0 Å². The van der Waals surface area contributed by atoms with Gasteiger partial charge in [-0.25, -0.2) is 4.79 Å². The van der Waals surface area contributed by atoms with Crippen LogP contribution in [0.5, 0.6) is 0 Å². The highest BCUT2D eigenvalue weighted by Gasteiger charge is 2.45. The molecule has 1 saturated heterocycles. The Morgan fingerprint density at radius 1 is 1.00 bits per heavy atom. The highest BCUT2D eigenvalue weighted by atomic mass is 16.6. The molecule has 0 bridgehead atoms. The number of esters is 2. The lowest BCUT2D eigenvalue weighted by atomic mass is 9.85. The first-order chi connectivity index (χ1) is 16.6. The summed E-state index contributed by atoms with van der Waals surface area (Å²) in [6, 6.07) is 0. The Bertz CT molecular complexity index is 829. The third-order valence-electron chi connectivity index (χ3n) is 7.94. The standard InChI is InChI=1S/C28H42O7/c1-17-10-12-21(14-17)8-6-5-7-9-22-13-11-18(2)23(22)15-24-25(35-24)16-26(33-19(3)29)27(28(31)32)34-20(4)30/h17,21-25H,2,5-16H2,1,3-4H3,(H,31,32)/t17?,21?,22-,23-,24+,25?/m0/s1. The van der Waals surface area contributed by atoms with Crippen LogP contribution in [0.2, 0.25) is 0 Å². The van der Waals surface area contributed by atoms with Crippen molar-refractivity contribution in [1.29, 1.82) is 0 Å². The SMILES string of the molecule is C=C1CC[C@H](CCCCCC2CCC(C)C2)[C@H]1C[C@H]1OC1CC(OC(C)=O)=C(OC(C)=O)C(=O)O. The van der Waals surface area contributed by atoms with E-state index in [-0.39, 0.29) is 24.4 Å². The van der Waals surface area contributed by atoms with E-state index in [9.17, 15) is 19.5 Å². The number of ether oxygens (including phenoxy) is 3.